The molecule has 4 aliphatic rings. The summed E-state index contributed by atoms with van der Waals surface area (Å²) in [6, 6.07) is 2.22. The summed E-state index contributed by atoms with van der Waals surface area (Å²) in [6.07, 6.45) is 8.40. The van der Waals surface area contributed by atoms with Gasteiger partial charge in [0, 0.05) is 5.69 Å². The van der Waals surface area contributed by atoms with Gasteiger partial charge in [-0.05, 0) is 81.6 Å². The molecule has 1 unspecified atom stereocenters. The highest BCUT2D eigenvalue weighted by molar-refractivity contribution is 5.18. The lowest BCUT2D eigenvalue weighted by molar-refractivity contribution is -0.0684. The van der Waals surface area contributed by atoms with E-state index in [-0.39, 0.29) is 6.04 Å². The van der Waals surface area contributed by atoms with Crippen molar-refractivity contribution in [1.29, 1.82) is 0 Å². The number of hydrogen-bond donors (Lipinski definition) is 1. The zero-order chi connectivity index (χ0) is 13.9. The van der Waals surface area contributed by atoms with Gasteiger partial charge in [0.15, 0.2) is 0 Å². The molecule has 0 radical (unpaired) electrons. The SMILES string of the molecule is Cc1cc(C(N)C23CC4CC(CC(C4)C2)C3)nc(C)n1. The Bertz CT molecular complexity index is 482. The van der Waals surface area contributed by atoms with Crippen molar-refractivity contribution in [3.8, 4) is 0 Å². The largest absolute Gasteiger partial charge is 0.322 e. The minimum Gasteiger partial charge on any atom is -0.322 e. The second-order valence-electron chi connectivity index (χ2n) is 7.74. The van der Waals surface area contributed by atoms with Crippen molar-refractivity contribution in [1.82, 2.24) is 9.97 Å². The number of nitrogens with two attached hydrogens (primary N) is 1. The van der Waals surface area contributed by atoms with E-state index in [0.29, 0.717) is 5.41 Å². The van der Waals surface area contributed by atoms with E-state index in [9.17, 15) is 0 Å². The molecule has 1 heterocycles. The topological polar surface area (TPSA) is 51.8 Å². The van der Waals surface area contributed by atoms with Crippen LogP contribution in [0.15, 0.2) is 6.07 Å². The molecule has 1 aromatic heterocycles. The first-order chi connectivity index (χ1) is 9.54. The molecule has 4 saturated carbocycles. The van der Waals surface area contributed by atoms with Crippen LogP contribution >= 0.6 is 0 Å². The van der Waals surface area contributed by atoms with E-state index in [1.54, 1.807) is 0 Å². The maximum absolute atomic E-state index is 6.74. The number of rotatable bonds is 2. The molecule has 4 fully saturated rings. The Kier molecular flexibility index (Phi) is 2.72. The average Bonchev–Trinajstić information content (AvgIpc) is 2.35. The highest BCUT2D eigenvalue weighted by atomic mass is 14.9. The molecule has 5 rings (SSSR count). The van der Waals surface area contributed by atoms with Crippen molar-refractivity contribution in [2.24, 2.45) is 28.9 Å². The summed E-state index contributed by atoms with van der Waals surface area (Å²) in [5.41, 5.74) is 9.21. The van der Waals surface area contributed by atoms with E-state index in [2.05, 4.69) is 16.0 Å². The van der Waals surface area contributed by atoms with E-state index in [4.69, 9.17) is 5.73 Å². The number of hydrogen-bond acceptors (Lipinski definition) is 3. The standard InChI is InChI=1S/C17H25N3/c1-10-3-15(20-11(2)19-10)16(18)17-7-12-4-13(8-17)6-14(5-12)9-17/h3,12-14,16H,4-9,18H2,1-2H3. The fourth-order valence-electron chi connectivity index (χ4n) is 5.78. The van der Waals surface area contributed by atoms with Crippen LogP contribution in [0.1, 0.15) is 61.8 Å². The van der Waals surface area contributed by atoms with Crippen LogP contribution in [-0.2, 0) is 0 Å². The molecule has 0 aliphatic heterocycles. The molecular formula is C17H25N3. The summed E-state index contributed by atoms with van der Waals surface area (Å²) in [6.45, 7) is 4.02. The van der Waals surface area contributed by atoms with Gasteiger partial charge in [-0.3, -0.25) is 0 Å². The Morgan fingerprint density at radius 2 is 1.60 bits per heavy atom. The second kappa shape index (κ2) is 4.27. The molecule has 0 saturated heterocycles. The predicted octanol–water partition coefficient (Wildman–Crippen LogP) is 3.31. The minimum atomic E-state index is 0.108. The van der Waals surface area contributed by atoms with Gasteiger partial charge in [0.1, 0.15) is 5.82 Å². The first-order valence-corrected chi connectivity index (χ1v) is 8.12. The fourth-order valence-corrected chi connectivity index (χ4v) is 5.78. The van der Waals surface area contributed by atoms with Crippen molar-refractivity contribution in [2.45, 2.75) is 58.4 Å². The fraction of sp³-hybridized carbons (Fsp3) is 0.765. The predicted molar refractivity (Wildman–Crippen MR) is 79.0 cm³/mol. The van der Waals surface area contributed by atoms with Crippen LogP contribution in [0.2, 0.25) is 0 Å². The lowest BCUT2D eigenvalue weighted by atomic mass is 9.47. The zero-order valence-corrected chi connectivity index (χ0v) is 12.6. The monoisotopic (exact) mass is 271 g/mol. The molecule has 4 bridgehead atoms. The zero-order valence-electron chi connectivity index (χ0n) is 12.6. The van der Waals surface area contributed by atoms with Crippen LogP contribution in [0, 0.1) is 37.0 Å². The summed E-state index contributed by atoms with van der Waals surface area (Å²) >= 11 is 0. The van der Waals surface area contributed by atoms with E-state index in [1.807, 2.05) is 13.8 Å². The van der Waals surface area contributed by atoms with Gasteiger partial charge in [-0.25, -0.2) is 9.97 Å². The molecule has 2 N–H and O–H groups in total. The molecule has 108 valence electrons. The second-order valence-corrected chi connectivity index (χ2v) is 7.74. The maximum atomic E-state index is 6.74. The van der Waals surface area contributed by atoms with Crippen molar-refractivity contribution in [2.75, 3.05) is 0 Å². The molecule has 1 aromatic rings. The van der Waals surface area contributed by atoms with Gasteiger partial charge in [-0.1, -0.05) is 0 Å². The van der Waals surface area contributed by atoms with Gasteiger partial charge in [-0.15, -0.1) is 0 Å². The van der Waals surface area contributed by atoms with Gasteiger partial charge in [0.2, 0.25) is 0 Å². The first kappa shape index (κ1) is 12.8. The molecule has 3 heteroatoms. The third-order valence-electron chi connectivity index (χ3n) is 6.05. The molecule has 1 atom stereocenters. The Labute approximate surface area is 121 Å². The maximum Gasteiger partial charge on any atom is 0.125 e. The normalized spacial score (nSPS) is 40.0. The van der Waals surface area contributed by atoms with Gasteiger partial charge in [0.25, 0.3) is 0 Å². The molecule has 0 aromatic carbocycles. The van der Waals surface area contributed by atoms with E-state index in [0.717, 1.165) is 35.0 Å². The van der Waals surface area contributed by atoms with Crippen molar-refractivity contribution in [3.63, 3.8) is 0 Å². The summed E-state index contributed by atoms with van der Waals surface area (Å²) in [5.74, 6) is 3.68. The highest BCUT2D eigenvalue weighted by Crippen LogP contribution is 2.63. The minimum absolute atomic E-state index is 0.108. The number of aromatic nitrogens is 2. The lowest BCUT2D eigenvalue weighted by Gasteiger charge is -2.58. The molecule has 3 nitrogen and oxygen atoms in total. The van der Waals surface area contributed by atoms with E-state index >= 15 is 0 Å². The van der Waals surface area contributed by atoms with Crippen LogP contribution in [-0.4, -0.2) is 9.97 Å². The van der Waals surface area contributed by atoms with Crippen LogP contribution < -0.4 is 5.73 Å². The highest BCUT2D eigenvalue weighted by Gasteiger charge is 2.53. The summed E-state index contributed by atoms with van der Waals surface area (Å²) < 4.78 is 0. The van der Waals surface area contributed by atoms with Crippen molar-refractivity contribution < 1.29 is 0 Å². The van der Waals surface area contributed by atoms with Crippen LogP contribution in [0.4, 0.5) is 0 Å². The summed E-state index contributed by atoms with van der Waals surface area (Å²) in [4.78, 5) is 9.05. The molecule has 0 amide bonds. The first-order valence-electron chi connectivity index (χ1n) is 8.12. The number of nitrogens with zero attached hydrogens (tertiary/aromatic N) is 2. The molecular weight excluding hydrogens is 246 g/mol. The van der Waals surface area contributed by atoms with Crippen molar-refractivity contribution in [3.05, 3.63) is 23.3 Å². The van der Waals surface area contributed by atoms with E-state index < -0.39 is 0 Å². The summed E-state index contributed by atoms with van der Waals surface area (Å²) in [5, 5.41) is 0. The Hall–Kier alpha value is -0.960. The summed E-state index contributed by atoms with van der Waals surface area (Å²) in [7, 11) is 0. The van der Waals surface area contributed by atoms with Gasteiger partial charge >= 0.3 is 0 Å². The molecule has 20 heavy (non-hydrogen) atoms. The van der Waals surface area contributed by atoms with Crippen molar-refractivity contribution >= 4 is 0 Å². The van der Waals surface area contributed by atoms with Crippen LogP contribution in [0.5, 0.6) is 0 Å². The third-order valence-corrected chi connectivity index (χ3v) is 6.05. The lowest BCUT2D eigenvalue weighted by Crippen LogP contribution is -2.51. The molecule has 0 spiro atoms. The average molecular weight is 271 g/mol. The Morgan fingerprint density at radius 1 is 1.05 bits per heavy atom. The Morgan fingerprint density at radius 3 is 2.10 bits per heavy atom. The number of aryl methyl sites for hydroxylation is 2. The van der Waals surface area contributed by atoms with Gasteiger partial charge in [0.05, 0.1) is 11.7 Å². The van der Waals surface area contributed by atoms with E-state index in [1.165, 1.54) is 38.5 Å². The Balaban J connectivity index is 1.69. The quantitative estimate of drug-likeness (QED) is 0.897. The van der Waals surface area contributed by atoms with Crippen LogP contribution in [0.25, 0.3) is 0 Å². The van der Waals surface area contributed by atoms with Crippen LogP contribution in [0.3, 0.4) is 0 Å². The van der Waals surface area contributed by atoms with Gasteiger partial charge in [-0.2, -0.15) is 0 Å². The third kappa shape index (κ3) is 1.90. The van der Waals surface area contributed by atoms with Gasteiger partial charge < -0.3 is 5.73 Å². The smallest absolute Gasteiger partial charge is 0.125 e. The molecule has 4 aliphatic carbocycles.